The molecule has 0 radical (unpaired) electrons. The number of aromatic amines is 1. The second kappa shape index (κ2) is 8.31. The average molecular weight is 441 g/mol. The third-order valence-corrected chi connectivity index (χ3v) is 6.18. The highest BCUT2D eigenvalue weighted by Crippen LogP contribution is 2.34. The summed E-state index contributed by atoms with van der Waals surface area (Å²) in [7, 11) is 0. The zero-order chi connectivity index (χ0) is 23.1. The van der Waals surface area contributed by atoms with Crippen LogP contribution in [0.25, 0.3) is 10.9 Å². The molecule has 1 saturated heterocycles. The minimum Gasteiger partial charge on any atom is -0.351 e. The van der Waals surface area contributed by atoms with Crippen LogP contribution in [-0.2, 0) is 0 Å². The second-order valence-corrected chi connectivity index (χ2v) is 8.90. The molecule has 4 aromatic rings. The zero-order valence-corrected chi connectivity index (χ0v) is 19.4. The van der Waals surface area contributed by atoms with Crippen molar-refractivity contribution in [2.24, 2.45) is 0 Å². The van der Waals surface area contributed by atoms with E-state index in [1.807, 2.05) is 62.1 Å². The maximum Gasteiger partial charge on any atom is 0.270 e. The molecule has 1 amide bonds. The van der Waals surface area contributed by atoms with Crippen molar-refractivity contribution in [2.75, 3.05) is 11.9 Å². The van der Waals surface area contributed by atoms with Crippen LogP contribution in [0.4, 0.5) is 11.6 Å². The number of pyridine rings is 1. The Balaban J connectivity index is 1.44. The zero-order valence-electron chi connectivity index (χ0n) is 19.4. The molecule has 168 valence electrons. The maximum atomic E-state index is 13.5. The minimum absolute atomic E-state index is 0.0172. The predicted molar refractivity (Wildman–Crippen MR) is 130 cm³/mol. The lowest BCUT2D eigenvalue weighted by atomic mass is 10.1. The van der Waals surface area contributed by atoms with E-state index in [-0.39, 0.29) is 11.9 Å². The van der Waals surface area contributed by atoms with Gasteiger partial charge in [-0.2, -0.15) is 0 Å². The van der Waals surface area contributed by atoms with Crippen LogP contribution in [-0.4, -0.2) is 37.3 Å². The lowest BCUT2D eigenvalue weighted by Gasteiger charge is -2.24. The number of anilines is 2. The summed E-state index contributed by atoms with van der Waals surface area (Å²) in [5.41, 5.74) is 7.26. The van der Waals surface area contributed by atoms with Crippen LogP contribution in [0.15, 0.2) is 42.5 Å². The predicted octanol–water partition coefficient (Wildman–Crippen LogP) is 5.31. The van der Waals surface area contributed by atoms with Crippen LogP contribution in [0.2, 0.25) is 0 Å². The fraction of sp³-hybridized carbons (Fsp3) is 0.308. The van der Waals surface area contributed by atoms with Crippen LogP contribution in [0.5, 0.6) is 0 Å². The summed E-state index contributed by atoms with van der Waals surface area (Å²) in [5, 5.41) is 4.41. The van der Waals surface area contributed by atoms with Crippen molar-refractivity contribution in [2.45, 2.75) is 46.6 Å². The summed E-state index contributed by atoms with van der Waals surface area (Å²) < 4.78 is 0. The van der Waals surface area contributed by atoms with Gasteiger partial charge in [-0.05, 0) is 76.4 Å². The minimum atomic E-state index is -0.0642. The number of amides is 1. The fourth-order valence-electron chi connectivity index (χ4n) is 4.74. The molecule has 3 aromatic heterocycles. The molecule has 1 aromatic carbocycles. The molecule has 0 bridgehead atoms. The summed E-state index contributed by atoms with van der Waals surface area (Å²) >= 11 is 0. The number of hydrogen-bond donors (Lipinski definition) is 2. The third kappa shape index (κ3) is 4.18. The van der Waals surface area contributed by atoms with Crippen molar-refractivity contribution in [3.05, 3.63) is 76.5 Å². The number of hydrogen-bond acceptors (Lipinski definition) is 5. The molecule has 33 heavy (non-hydrogen) atoms. The van der Waals surface area contributed by atoms with Gasteiger partial charge in [-0.15, -0.1) is 0 Å². The average Bonchev–Trinajstić information content (AvgIpc) is 3.40. The van der Waals surface area contributed by atoms with Gasteiger partial charge in [0.2, 0.25) is 5.95 Å². The summed E-state index contributed by atoms with van der Waals surface area (Å²) in [5.74, 6) is 0.584. The lowest BCUT2D eigenvalue weighted by Crippen LogP contribution is -2.31. The first-order chi connectivity index (χ1) is 15.9. The molecule has 0 spiro atoms. The molecule has 2 N–H and O–H groups in total. The van der Waals surface area contributed by atoms with Crippen molar-refractivity contribution in [1.82, 2.24) is 24.8 Å². The number of nitrogens with zero attached hydrogens (tertiary/aromatic N) is 4. The number of H-pyrrole nitrogens is 1. The van der Waals surface area contributed by atoms with Gasteiger partial charge in [0.15, 0.2) is 0 Å². The first-order valence-electron chi connectivity index (χ1n) is 11.3. The summed E-state index contributed by atoms with van der Waals surface area (Å²) in [6.07, 6.45) is 1.84. The Bertz CT molecular complexity index is 1340. The fourth-order valence-corrected chi connectivity index (χ4v) is 4.74. The molecule has 1 aliphatic rings. The number of nitrogens with one attached hydrogen (secondary N) is 2. The Morgan fingerprint density at radius 3 is 2.52 bits per heavy atom. The van der Waals surface area contributed by atoms with E-state index in [4.69, 9.17) is 4.98 Å². The van der Waals surface area contributed by atoms with E-state index >= 15 is 0 Å². The standard InChI is InChI=1S/C26H28N6O/c1-15-7-5-8-21-20(15)14-23(31-21)25(33)32-10-6-9-24(32)22-13-19(12-18(4)27-22)30-26-28-16(2)11-17(3)29-26/h5,7-8,11-14,24,31H,6,9-10H2,1-4H3,(H,27,28,29,30)/t24-/m0/s1. The highest BCUT2D eigenvalue weighted by Gasteiger charge is 2.32. The van der Waals surface area contributed by atoms with Gasteiger partial charge < -0.3 is 15.2 Å². The molecular weight excluding hydrogens is 412 g/mol. The quantitative estimate of drug-likeness (QED) is 0.449. The molecular formula is C26H28N6O. The van der Waals surface area contributed by atoms with Crippen molar-refractivity contribution < 1.29 is 4.79 Å². The molecule has 7 heteroatoms. The van der Waals surface area contributed by atoms with E-state index < -0.39 is 0 Å². The first kappa shape index (κ1) is 21.1. The summed E-state index contributed by atoms with van der Waals surface area (Å²) in [6.45, 7) is 8.66. The Kier molecular flexibility index (Phi) is 5.32. The molecule has 1 fully saturated rings. The number of benzene rings is 1. The third-order valence-electron chi connectivity index (χ3n) is 6.18. The van der Waals surface area contributed by atoms with E-state index in [1.54, 1.807) is 0 Å². The molecule has 7 nitrogen and oxygen atoms in total. The number of aryl methyl sites for hydroxylation is 4. The lowest BCUT2D eigenvalue weighted by molar-refractivity contribution is 0.0728. The highest BCUT2D eigenvalue weighted by atomic mass is 16.2. The van der Waals surface area contributed by atoms with Crippen molar-refractivity contribution in [3.8, 4) is 0 Å². The van der Waals surface area contributed by atoms with Crippen LogP contribution in [0, 0.1) is 27.7 Å². The number of carbonyl (C=O) groups is 1. The Labute approximate surface area is 193 Å². The van der Waals surface area contributed by atoms with Crippen LogP contribution in [0.1, 0.15) is 57.7 Å². The normalized spacial score (nSPS) is 15.9. The van der Waals surface area contributed by atoms with E-state index in [0.29, 0.717) is 11.6 Å². The molecule has 4 heterocycles. The molecule has 0 unspecified atom stereocenters. The van der Waals surface area contributed by atoms with Gasteiger partial charge in [0, 0.05) is 40.2 Å². The van der Waals surface area contributed by atoms with Crippen LogP contribution in [0.3, 0.4) is 0 Å². The Morgan fingerprint density at radius 1 is 1.00 bits per heavy atom. The smallest absolute Gasteiger partial charge is 0.270 e. The maximum absolute atomic E-state index is 13.5. The van der Waals surface area contributed by atoms with Crippen molar-refractivity contribution in [3.63, 3.8) is 0 Å². The number of likely N-dealkylation sites (tertiary alicyclic amines) is 1. The van der Waals surface area contributed by atoms with Crippen molar-refractivity contribution >= 4 is 28.4 Å². The van der Waals surface area contributed by atoms with Gasteiger partial charge in [-0.1, -0.05) is 12.1 Å². The second-order valence-electron chi connectivity index (χ2n) is 8.90. The molecule has 5 rings (SSSR count). The number of fused-ring (bicyclic) bond motifs is 1. The summed E-state index contributed by atoms with van der Waals surface area (Å²) in [4.78, 5) is 32.5. The van der Waals surface area contributed by atoms with Gasteiger partial charge in [0.05, 0.1) is 11.7 Å². The van der Waals surface area contributed by atoms with Gasteiger partial charge in [-0.25, -0.2) is 9.97 Å². The largest absolute Gasteiger partial charge is 0.351 e. The number of rotatable bonds is 4. The van der Waals surface area contributed by atoms with E-state index in [9.17, 15) is 4.79 Å². The number of carbonyl (C=O) groups excluding carboxylic acids is 1. The monoisotopic (exact) mass is 440 g/mol. The van der Waals surface area contributed by atoms with Crippen LogP contribution >= 0.6 is 0 Å². The van der Waals surface area contributed by atoms with Gasteiger partial charge in [0.1, 0.15) is 5.69 Å². The molecule has 0 aliphatic carbocycles. The summed E-state index contributed by atoms with van der Waals surface area (Å²) in [6, 6.07) is 13.9. The van der Waals surface area contributed by atoms with Crippen LogP contribution < -0.4 is 5.32 Å². The van der Waals surface area contributed by atoms with E-state index in [1.165, 1.54) is 0 Å². The highest BCUT2D eigenvalue weighted by molar-refractivity contribution is 5.99. The molecule has 0 saturated carbocycles. The topological polar surface area (TPSA) is 86.8 Å². The Morgan fingerprint density at radius 2 is 1.76 bits per heavy atom. The molecule has 1 atom stereocenters. The van der Waals surface area contributed by atoms with E-state index in [0.717, 1.165) is 64.3 Å². The van der Waals surface area contributed by atoms with Gasteiger partial charge >= 0.3 is 0 Å². The van der Waals surface area contributed by atoms with Gasteiger partial charge in [-0.3, -0.25) is 9.78 Å². The molecule has 1 aliphatic heterocycles. The van der Waals surface area contributed by atoms with Gasteiger partial charge in [0.25, 0.3) is 5.91 Å². The Hall–Kier alpha value is -3.74. The number of aromatic nitrogens is 4. The SMILES string of the molecule is Cc1cc(Nc2nc(C)cc(C)n2)cc([C@@H]2CCCN2C(=O)c2cc3c(C)cccc3[nH]2)n1. The first-order valence-corrected chi connectivity index (χ1v) is 11.3. The van der Waals surface area contributed by atoms with Crippen molar-refractivity contribution in [1.29, 1.82) is 0 Å². The van der Waals surface area contributed by atoms with E-state index in [2.05, 4.69) is 33.3 Å².